The second-order valence-electron chi connectivity index (χ2n) is 1.53. The Morgan fingerprint density at radius 2 is 2.33 bits per heavy atom. The number of alkyl halides is 1. The molecular weight excluding hydrogens is 187 g/mol. The summed E-state index contributed by atoms with van der Waals surface area (Å²) in [6.45, 7) is -1.16. The largest absolute Gasteiger partial charge is 0.464 e. The summed E-state index contributed by atoms with van der Waals surface area (Å²) >= 11 is 4.42. The molecule has 0 saturated carbocycles. The molecule has 2 N–H and O–H groups in total. The molecule has 0 aliphatic heterocycles. The number of nitrogens with two attached hydrogens (primary N) is 1. The van der Waals surface area contributed by atoms with Crippen LogP contribution in [0.15, 0.2) is 5.16 Å². The fraction of sp³-hybridized carbons (Fsp3) is 0.400. The predicted octanol–water partition coefficient (Wildman–Crippen LogP) is -0.255. The van der Waals surface area contributed by atoms with Gasteiger partial charge < -0.3 is 15.3 Å². The summed E-state index contributed by atoms with van der Waals surface area (Å²) in [6, 6.07) is 0. The highest BCUT2D eigenvalue weighted by Crippen LogP contribution is 1.87. The zero-order valence-electron chi connectivity index (χ0n) is 6.24. The molecule has 0 aliphatic rings. The topological polar surface area (TPSA) is 73.9 Å². The van der Waals surface area contributed by atoms with E-state index in [2.05, 4.69) is 26.9 Å². The van der Waals surface area contributed by atoms with Crippen LogP contribution in [-0.2, 0) is 14.4 Å². The molecule has 0 aromatic rings. The minimum absolute atomic E-state index is 0.310. The average Bonchev–Trinajstić information content (AvgIpc) is 2.04. The van der Waals surface area contributed by atoms with Gasteiger partial charge in [0, 0.05) is 0 Å². The van der Waals surface area contributed by atoms with E-state index in [9.17, 15) is 9.18 Å². The number of methoxy groups -OCH3 is 1. The number of nitrogens with zero attached hydrogens (tertiary/aromatic N) is 1. The van der Waals surface area contributed by atoms with Crippen LogP contribution in [0.1, 0.15) is 0 Å². The van der Waals surface area contributed by atoms with Crippen LogP contribution in [0.5, 0.6) is 0 Å². The first-order valence-electron chi connectivity index (χ1n) is 2.77. The van der Waals surface area contributed by atoms with Gasteiger partial charge in [-0.2, -0.15) is 0 Å². The van der Waals surface area contributed by atoms with E-state index in [1.807, 2.05) is 0 Å². The highest BCUT2D eigenvalue weighted by atomic mass is 32.1. The zero-order chi connectivity index (χ0) is 9.56. The fourth-order valence-electron chi connectivity index (χ4n) is 0.368. The van der Waals surface area contributed by atoms with E-state index in [1.165, 1.54) is 0 Å². The van der Waals surface area contributed by atoms with E-state index in [-0.39, 0.29) is 4.99 Å². The lowest BCUT2D eigenvalue weighted by molar-refractivity contribution is -0.132. The molecule has 0 aliphatic carbocycles. The SMILES string of the molecule is COC(=O)/C(=N\OCF)C(N)=S. The number of thiocarbonyl (C=S) groups is 1. The number of esters is 1. The van der Waals surface area contributed by atoms with Crippen LogP contribution in [0.4, 0.5) is 4.39 Å². The monoisotopic (exact) mass is 194 g/mol. The fourth-order valence-corrected chi connectivity index (χ4v) is 0.489. The van der Waals surface area contributed by atoms with Crippen molar-refractivity contribution in [3.8, 4) is 0 Å². The van der Waals surface area contributed by atoms with Gasteiger partial charge in [-0.25, -0.2) is 9.18 Å². The van der Waals surface area contributed by atoms with Gasteiger partial charge in [-0.1, -0.05) is 17.4 Å². The quantitative estimate of drug-likeness (QED) is 0.289. The van der Waals surface area contributed by atoms with Crippen molar-refractivity contribution >= 4 is 28.9 Å². The zero-order valence-corrected chi connectivity index (χ0v) is 7.06. The molecule has 0 fully saturated rings. The number of hydrogen-bond acceptors (Lipinski definition) is 5. The number of rotatable bonds is 4. The second-order valence-corrected chi connectivity index (χ2v) is 1.97. The van der Waals surface area contributed by atoms with Crippen molar-refractivity contribution in [2.75, 3.05) is 14.0 Å². The van der Waals surface area contributed by atoms with Crippen LogP contribution < -0.4 is 5.73 Å². The maximum atomic E-state index is 11.4. The van der Waals surface area contributed by atoms with Crippen molar-refractivity contribution in [2.45, 2.75) is 0 Å². The molecule has 68 valence electrons. The van der Waals surface area contributed by atoms with Gasteiger partial charge in [-0.3, -0.25) is 0 Å². The summed E-state index contributed by atoms with van der Waals surface area (Å²) in [5, 5.41) is 3.01. The molecule has 7 heteroatoms. The lowest BCUT2D eigenvalue weighted by Crippen LogP contribution is -2.30. The van der Waals surface area contributed by atoms with Crippen molar-refractivity contribution in [2.24, 2.45) is 10.9 Å². The highest BCUT2D eigenvalue weighted by molar-refractivity contribution is 7.82. The van der Waals surface area contributed by atoms with Crippen LogP contribution in [0.25, 0.3) is 0 Å². The van der Waals surface area contributed by atoms with Gasteiger partial charge in [0.1, 0.15) is 4.99 Å². The molecule has 0 spiro atoms. The molecule has 0 saturated heterocycles. The summed E-state index contributed by atoms with van der Waals surface area (Å²) < 4.78 is 15.6. The lowest BCUT2D eigenvalue weighted by Gasteiger charge is -1.99. The van der Waals surface area contributed by atoms with Crippen molar-refractivity contribution in [1.82, 2.24) is 0 Å². The minimum Gasteiger partial charge on any atom is -0.464 e. The van der Waals surface area contributed by atoms with Gasteiger partial charge >= 0.3 is 5.97 Å². The molecule has 0 rings (SSSR count). The van der Waals surface area contributed by atoms with Crippen molar-refractivity contribution in [3.63, 3.8) is 0 Å². The Kier molecular flexibility index (Phi) is 4.86. The van der Waals surface area contributed by atoms with Crippen molar-refractivity contribution in [1.29, 1.82) is 0 Å². The Morgan fingerprint density at radius 1 is 1.75 bits per heavy atom. The van der Waals surface area contributed by atoms with Crippen LogP contribution >= 0.6 is 12.2 Å². The maximum Gasteiger partial charge on any atom is 0.363 e. The standard InChI is InChI=1S/C5H7FN2O3S/c1-10-5(9)3(4(7)12)8-11-2-6/h2H2,1H3,(H2,7,12)/b8-3-. The van der Waals surface area contributed by atoms with Crippen LogP contribution in [0, 0.1) is 0 Å². The molecule has 0 unspecified atom stereocenters. The van der Waals surface area contributed by atoms with Crippen molar-refractivity contribution < 1.29 is 18.8 Å². The Balaban J connectivity index is 4.43. The highest BCUT2D eigenvalue weighted by Gasteiger charge is 2.15. The van der Waals surface area contributed by atoms with Gasteiger partial charge in [0.15, 0.2) is 0 Å². The summed E-state index contributed by atoms with van der Waals surface area (Å²) in [5.74, 6) is -0.865. The number of carbonyl (C=O) groups is 1. The average molecular weight is 194 g/mol. The maximum absolute atomic E-state index is 11.4. The molecule has 5 nitrogen and oxygen atoms in total. The van der Waals surface area contributed by atoms with Crippen LogP contribution in [0.2, 0.25) is 0 Å². The van der Waals surface area contributed by atoms with Gasteiger partial charge in [-0.05, 0) is 0 Å². The molecule has 0 aromatic carbocycles. The summed E-state index contributed by atoms with van der Waals surface area (Å²) in [5.41, 5.74) is 4.64. The third-order valence-corrected chi connectivity index (χ3v) is 1.01. The van der Waals surface area contributed by atoms with Crippen LogP contribution in [0.3, 0.4) is 0 Å². The van der Waals surface area contributed by atoms with E-state index >= 15 is 0 Å². The smallest absolute Gasteiger partial charge is 0.363 e. The van der Waals surface area contributed by atoms with E-state index in [1.54, 1.807) is 0 Å². The second kappa shape index (κ2) is 5.42. The number of halogens is 1. The first-order chi connectivity index (χ1) is 5.63. The molecule has 0 aromatic heterocycles. The Morgan fingerprint density at radius 3 is 2.67 bits per heavy atom. The van der Waals surface area contributed by atoms with Gasteiger partial charge in [-0.15, -0.1) is 0 Å². The first-order valence-corrected chi connectivity index (χ1v) is 3.18. The number of carbonyl (C=O) groups excluding carboxylic acids is 1. The summed E-state index contributed by atoms with van der Waals surface area (Å²) in [4.78, 5) is 14.4. The van der Waals surface area contributed by atoms with Gasteiger partial charge in [0.2, 0.25) is 5.71 Å². The molecule has 0 amide bonds. The minimum atomic E-state index is -1.16. The Labute approximate surface area is 73.3 Å². The van der Waals surface area contributed by atoms with Gasteiger partial charge in [0.25, 0.3) is 6.86 Å². The molecule has 0 bridgehead atoms. The van der Waals surface area contributed by atoms with Crippen LogP contribution in [-0.4, -0.2) is 30.6 Å². The molecule has 0 atom stereocenters. The molecule has 0 radical (unpaired) electrons. The molecule has 0 heterocycles. The normalized spacial score (nSPS) is 10.7. The summed E-state index contributed by atoms with van der Waals surface area (Å²) in [6.07, 6.45) is 0. The van der Waals surface area contributed by atoms with Crippen molar-refractivity contribution in [3.05, 3.63) is 0 Å². The van der Waals surface area contributed by atoms with Gasteiger partial charge in [0.05, 0.1) is 7.11 Å². The molecule has 12 heavy (non-hydrogen) atoms. The number of hydrogen-bond donors (Lipinski definition) is 1. The first kappa shape index (κ1) is 10.8. The molecular formula is C5H7FN2O3S. The third kappa shape index (κ3) is 3.24. The lowest BCUT2D eigenvalue weighted by atomic mass is 10.4. The van der Waals surface area contributed by atoms with E-state index in [4.69, 9.17) is 5.73 Å². The summed E-state index contributed by atoms with van der Waals surface area (Å²) in [7, 11) is 1.12. The Bertz CT molecular complexity index is 219. The predicted molar refractivity (Wildman–Crippen MR) is 43.3 cm³/mol. The third-order valence-electron chi connectivity index (χ3n) is 0.817. The Hall–Kier alpha value is -1.24. The van der Waals surface area contributed by atoms with E-state index in [0.717, 1.165) is 7.11 Å². The number of oxime groups is 1. The number of ether oxygens (including phenoxy) is 1. The van der Waals surface area contributed by atoms with E-state index < -0.39 is 18.5 Å². The van der Waals surface area contributed by atoms with E-state index in [0.29, 0.717) is 0 Å².